The number of aromatic nitrogens is 2. The zero-order valence-corrected chi connectivity index (χ0v) is 8.80. The first-order chi connectivity index (χ1) is 7.83. The predicted octanol–water partition coefficient (Wildman–Crippen LogP) is 2.73. The SMILES string of the molecule is Oc1cccc(-c2ncc(C3CC3)cn2)c1. The summed E-state index contributed by atoms with van der Waals surface area (Å²) in [5, 5.41) is 9.37. The van der Waals surface area contributed by atoms with Crippen molar-refractivity contribution in [2.45, 2.75) is 18.8 Å². The number of benzene rings is 1. The summed E-state index contributed by atoms with van der Waals surface area (Å²) in [5.41, 5.74) is 2.08. The van der Waals surface area contributed by atoms with Crippen LogP contribution in [0.2, 0.25) is 0 Å². The smallest absolute Gasteiger partial charge is 0.159 e. The minimum Gasteiger partial charge on any atom is -0.508 e. The Labute approximate surface area is 93.8 Å². The lowest BCUT2D eigenvalue weighted by Crippen LogP contribution is -1.90. The number of nitrogens with zero attached hydrogens (tertiary/aromatic N) is 2. The van der Waals surface area contributed by atoms with Gasteiger partial charge in [-0.05, 0) is 36.5 Å². The second-order valence-electron chi connectivity index (χ2n) is 4.16. The first-order valence-electron chi connectivity index (χ1n) is 5.44. The molecule has 0 bridgehead atoms. The zero-order valence-electron chi connectivity index (χ0n) is 8.80. The van der Waals surface area contributed by atoms with Gasteiger partial charge in [0.1, 0.15) is 5.75 Å². The molecular formula is C13H12N2O. The van der Waals surface area contributed by atoms with E-state index in [-0.39, 0.29) is 5.75 Å². The van der Waals surface area contributed by atoms with Crippen LogP contribution in [-0.2, 0) is 0 Å². The average Bonchev–Trinajstić information content (AvgIpc) is 3.13. The lowest BCUT2D eigenvalue weighted by Gasteiger charge is -2.01. The third-order valence-electron chi connectivity index (χ3n) is 2.82. The highest BCUT2D eigenvalue weighted by atomic mass is 16.3. The highest BCUT2D eigenvalue weighted by Crippen LogP contribution is 2.39. The predicted molar refractivity (Wildman–Crippen MR) is 61.1 cm³/mol. The van der Waals surface area contributed by atoms with E-state index in [0.717, 1.165) is 5.56 Å². The quantitative estimate of drug-likeness (QED) is 0.832. The van der Waals surface area contributed by atoms with E-state index in [4.69, 9.17) is 0 Å². The average molecular weight is 212 g/mol. The normalized spacial score (nSPS) is 15.0. The van der Waals surface area contributed by atoms with E-state index in [1.54, 1.807) is 18.2 Å². The van der Waals surface area contributed by atoms with Crippen molar-refractivity contribution in [3.8, 4) is 17.1 Å². The molecule has 1 saturated carbocycles. The number of phenolic OH excluding ortho intramolecular Hbond substituents is 1. The topological polar surface area (TPSA) is 46.0 Å². The summed E-state index contributed by atoms with van der Waals surface area (Å²) < 4.78 is 0. The molecule has 3 rings (SSSR count). The van der Waals surface area contributed by atoms with Crippen LogP contribution in [-0.4, -0.2) is 15.1 Å². The van der Waals surface area contributed by atoms with Crippen LogP contribution in [0.15, 0.2) is 36.7 Å². The molecule has 80 valence electrons. The summed E-state index contributed by atoms with van der Waals surface area (Å²) in [6, 6.07) is 7.00. The van der Waals surface area contributed by atoms with Gasteiger partial charge in [0.15, 0.2) is 5.82 Å². The van der Waals surface area contributed by atoms with Gasteiger partial charge in [0, 0.05) is 18.0 Å². The lowest BCUT2D eigenvalue weighted by molar-refractivity contribution is 0.475. The summed E-state index contributed by atoms with van der Waals surface area (Å²) in [4.78, 5) is 8.66. The first kappa shape index (κ1) is 9.33. The van der Waals surface area contributed by atoms with Crippen molar-refractivity contribution in [3.63, 3.8) is 0 Å². The molecule has 0 radical (unpaired) electrons. The molecule has 3 heteroatoms. The molecule has 0 aliphatic heterocycles. The van der Waals surface area contributed by atoms with Crippen LogP contribution in [0.5, 0.6) is 5.75 Å². The molecular weight excluding hydrogens is 200 g/mol. The van der Waals surface area contributed by atoms with Gasteiger partial charge in [-0.15, -0.1) is 0 Å². The Morgan fingerprint density at radius 2 is 1.88 bits per heavy atom. The van der Waals surface area contributed by atoms with Crippen molar-refractivity contribution in [3.05, 3.63) is 42.2 Å². The van der Waals surface area contributed by atoms with E-state index in [0.29, 0.717) is 11.7 Å². The largest absolute Gasteiger partial charge is 0.508 e. The van der Waals surface area contributed by atoms with Crippen molar-refractivity contribution in [2.24, 2.45) is 0 Å². The fourth-order valence-corrected chi connectivity index (χ4v) is 1.76. The summed E-state index contributed by atoms with van der Waals surface area (Å²) >= 11 is 0. The van der Waals surface area contributed by atoms with E-state index < -0.39 is 0 Å². The molecule has 16 heavy (non-hydrogen) atoms. The fourth-order valence-electron chi connectivity index (χ4n) is 1.76. The van der Waals surface area contributed by atoms with Gasteiger partial charge in [-0.1, -0.05) is 12.1 Å². The Morgan fingerprint density at radius 3 is 2.50 bits per heavy atom. The maximum atomic E-state index is 9.37. The van der Waals surface area contributed by atoms with E-state index in [1.807, 2.05) is 18.5 Å². The molecule has 0 unspecified atom stereocenters. The molecule has 0 spiro atoms. The molecule has 0 amide bonds. The summed E-state index contributed by atoms with van der Waals surface area (Å²) in [5.74, 6) is 1.59. The van der Waals surface area contributed by atoms with Crippen molar-refractivity contribution in [1.82, 2.24) is 9.97 Å². The molecule has 0 saturated heterocycles. The third-order valence-corrected chi connectivity index (χ3v) is 2.82. The van der Waals surface area contributed by atoms with E-state index in [2.05, 4.69) is 9.97 Å². The van der Waals surface area contributed by atoms with Crippen molar-refractivity contribution < 1.29 is 5.11 Å². The second kappa shape index (κ2) is 3.59. The third kappa shape index (κ3) is 1.76. The van der Waals surface area contributed by atoms with Gasteiger partial charge in [0.2, 0.25) is 0 Å². The number of rotatable bonds is 2. The highest BCUT2D eigenvalue weighted by Gasteiger charge is 2.24. The number of phenols is 1. The van der Waals surface area contributed by atoms with Crippen LogP contribution in [0.3, 0.4) is 0 Å². The fraction of sp³-hybridized carbons (Fsp3) is 0.231. The maximum Gasteiger partial charge on any atom is 0.159 e. The van der Waals surface area contributed by atoms with Gasteiger partial charge in [-0.25, -0.2) is 9.97 Å². The van der Waals surface area contributed by atoms with Crippen LogP contribution in [0.25, 0.3) is 11.4 Å². The van der Waals surface area contributed by atoms with Crippen molar-refractivity contribution in [1.29, 1.82) is 0 Å². The Kier molecular flexibility index (Phi) is 2.10. The number of aromatic hydroxyl groups is 1. The van der Waals surface area contributed by atoms with Crippen LogP contribution < -0.4 is 0 Å². The van der Waals surface area contributed by atoms with Gasteiger partial charge >= 0.3 is 0 Å². The Morgan fingerprint density at radius 1 is 1.12 bits per heavy atom. The maximum absolute atomic E-state index is 9.37. The minimum absolute atomic E-state index is 0.243. The van der Waals surface area contributed by atoms with Crippen molar-refractivity contribution >= 4 is 0 Å². The zero-order chi connectivity index (χ0) is 11.0. The molecule has 1 aromatic carbocycles. The number of hydrogen-bond donors (Lipinski definition) is 1. The standard InChI is InChI=1S/C13H12N2O/c16-12-3-1-2-10(6-12)13-14-7-11(8-15-13)9-4-5-9/h1-3,6-9,16H,4-5H2. The van der Waals surface area contributed by atoms with Gasteiger partial charge in [-0.2, -0.15) is 0 Å². The Hall–Kier alpha value is -1.90. The van der Waals surface area contributed by atoms with E-state index >= 15 is 0 Å². The summed E-state index contributed by atoms with van der Waals surface area (Å²) in [6.07, 6.45) is 6.30. The molecule has 1 heterocycles. The molecule has 1 aliphatic carbocycles. The molecule has 1 N–H and O–H groups in total. The van der Waals surface area contributed by atoms with Gasteiger partial charge in [-0.3, -0.25) is 0 Å². The Balaban J connectivity index is 1.94. The molecule has 3 nitrogen and oxygen atoms in total. The van der Waals surface area contributed by atoms with E-state index in [9.17, 15) is 5.11 Å². The minimum atomic E-state index is 0.243. The highest BCUT2D eigenvalue weighted by molar-refractivity contribution is 5.57. The van der Waals surface area contributed by atoms with Gasteiger partial charge < -0.3 is 5.11 Å². The van der Waals surface area contributed by atoms with Crippen LogP contribution >= 0.6 is 0 Å². The molecule has 0 atom stereocenters. The van der Waals surface area contributed by atoms with Crippen LogP contribution in [0, 0.1) is 0 Å². The number of hydrogen-bond acceptors (Lipinski definition) is 3. The molecule has 1 aromatic heterocycles. The van der Waals surface area contributed by atoms with E-state index in [1.165, 1.54) is 18.4 Å². The van der Waals surface area contributed by atoms with Crippen LogP contribution in [0.1, 0.15) is 24.3 Å². The second-order valence-corrected chi connectivity index (χ2v) is 4.16. The first-order valence-corrected chi connectivity index (χ1v) is 5.44. The van der Waals surface area contributed by atoms with Gasteiger partial charge in [0.05, 0.1) is 0 Å². The van der Waals surface area contributed by atoms with Crippen molar-refractivity contribution in [2.75, 3.05) is 0 Å². The molecule has 1 aliphatic rings. The lowest BCUT2D eigenvalue weighted by atomic mass is 10.2. The summed E-state index contributed by atoms with van der Waals surface area (Å²) in [6.45, 7) is 0. The molecule has 1 fully saturated rings. The Bertz CT molecular complexity index is 504. The summed E-state index contributed by atoms with van der Waals surface area (Å²) in [7, 11) is 0. The van der Waals surface area contributed by atoms with Crippen LogP contribution in [0.4, 0.5) is 0 Å². The monoisotopic (exact) mass is 212 g/mol. The molecule has 2 aromatic rings. The van der Waals surface area contributed by atoms with Gasteiger partial charge in [0.25, 0.3) is 0 Å².